The zero-order chi connectivity index (χ0) is 23.6. The van der Waals surface area contributed by atoms with Gasteiger partial charge in [-0.2, -0.15) is 0 Å². The third-order valence-electron chi connectivity index (χ3n) is 5.51. The molecule has 1 aliphatic carbocycles. The van der Waals surface area contributed by atoms with Crippen LogP contribution in [-0.2, 0) is 28.5 Å². The predicted molar refractivity (Wildman–Crippen MR) is 128 cm³/mol. The van der Waals surface area contributed by atoms with Crippen molar-refractivity contribution in [3.8, 4) is 0 Å². The van der Waals surface area contributed by atoms with Crippen molar-refractivity contribution in [1.82, 2.24) is 0 Å². The number of methoxy groups -OCH3 is 2. The maximum absolute atomic E-state index is 11.7. The summed E-state index contributed by atoms with van der Waals surface area (Å²) in [6.45, 7) is 15.3. The summed E-state index contributed by atoms with van der Waals surface area (Å²) in [6.07, 6.45) is 7.68. The van der Waals surface area contributed by atoms with Gasteiger partial charge >= 0.3 is 11.9 Å². The summed E-state index contributed by atoms with van der Waals surface area (Å²) >= 11 is 0. The quantitative estimate of drug-likeness (QED) is 0.309. The molecule has 0 bridgehead atoms. The minimum absolute atomic E-state index is 0. The van der Waals surface area contributed by atoms with E-state index in [0.717, 1.165) is 32.3 Å². The van der Waals surface area contributed by atoms with E-state index in [0.29, 0.717) is 13.2 Å². The first-order valence-electron chi connectivity index (χ1n) is 11.4. The molecule has 0 spiro atoms. The lowest BCUT2D eigenvalue weighted by atomic mass is 9.90. The second kappa shape index (κ2) is 19.5. The predicted octanol–water partition coefficient (Wildman–Crippen LogP) is 6.20. The smallest absolute Gasteiger partial charge is 0.311 e. The van der Waals surface area contributed by atoms with E-state index >= 15 is 0 Å². The molecule has 6 nitrogen and oxygen atoms in total. The molecular weight excluding hydrogens is 396 g/mol. The highest BCUT2D eigenvalue weighted by Crippen LogP contribution is 2.26. The normalized spacial score (nSPS) is 14.1. The molecule has 1 fully saturated rings. The molecule has 0 amide bonds. The molecule has 0 aliphatic heterocycles. The van der Waals surface area contributed by atoms with Crippen molar-refractivity contribution < 1.29 is 28.5 Å². The third-order valence-corrected chi connectivity index (χ3v) is 5.51. The second-order valence-electron chi connectivity index (χ2n) is 8.85. The highest BCUT2D eigenvalue weighted by molar-refractivity contribution is 5.76. The van der Waals surface area contributed by atoms with Gasteiger partial charge in [-0.15, -0.1) is 0 Å². The Hall–Kier alpha value is -1.14. The average Bonchev–Trinajstić information content (AvgIpc) is 2.75. The van der Waals surface area contributed by atoms with E-state index in [9.17, 15) is 9.59 Å². The van der Waals surface area contributed by atoms with Crippen molar-refractivity contribution in [1.29, 1.82) is 0 Å². The van der Waals surface area contributed by atoms with Crippen LogP contribution in [0.3, 0.4) is 0 Å². The van der Waals surface area contributed by atoms with E-state index in [2.05, 4.69) is 4.74 Å². The molecule has 0 saturated heterocycles. The molecule has 0 N–H and O–H groups in total. The summed E-state index contributed by atoms with van der Waals surface area (Å²) in [6, 6.07) is 0. The summed E-state index contributed by atoms with van der Waals surface area (Å²) < 4.78 is 19.8. The van der Waals surface area contributed by atoms with Crippen molar-refractivity contribution in [2.24, 2.45) is 10.8 Å². The van der Waals surface area contributed by atoms with E-state index in [4.69, 9.17) is 14.2 Å². The fourth-order valence-corrected chi connectivity index (χ4v) is 2.20. The lowest BCUT2D eigenvalue weighted by molar-refractivity contribution is -0.161. The monoisotopic (exact) mass is 448 g/mol. The van der Waals surface area contributed by atoms with Crippen LogP contribution in [0.2, 0.25) is 0 Å². The SMILES string of the molecule is C.CCC(C)(C)C(=O)OC1CCCCC1.CCC(C)(C)C(=O)OCCOC.CCOC. The largest absolute Gasteiger partial charge is 0.463 e. The Balaban J connectivity index is -0.000000424. The Bertz CT molecular complexity index is 437. The first kappa shape index (κ1) is 34.5. The van der Waals surface area contributed by atoms with Crippen molar-refractivity contribution in [3.63, 3.8) is 0 Å². The number of ether oxygens (including phenoxy) is 4. The van der Waals surface area contributed by atoms with Crippen molar-refractivity contribution in [2.45, 2.75) is 107 Å². The van der Waals surface area contributed by atoms with Crippen LogP contribution in [0.25, 0.3) is 0 Å². The Labute approximate surface area is 192 Å². The Morgan fingerprint density at radius 3 is 1.61 bits per heavy atom. The highest BCUT2D eigenvalue weighted by Gasteiger charge is 2.30. The zero-order valence-corrected chi connectivity index (χ0v) is 21.1. The second-order valence-corrected chi connectivity index (χ2v) is 8.85. The maximum Gasteiger partial charge on any atom is 0.311 e. The standard InChI is InChI=1S/C12H22O2.C9H18O3.C3H8O.CH4/c1-4-12(2,3)11(13)14-10-8-6-5-7-9-10;1-5-9(2,3)8(10)12-7-6-11-4;1-3-4-2;/h10H,4-9H2,1-3H3;5-7H2,1-4H3;3H2,1-2H3;1H4. The topological polar surface area (TPSA) is 71.1 Å². The van der Waals surface area contributed by atoms with Crippen molar-refractivity contribution >= 4 is 11.9 Å². The summed E-state index contributed by atoms with van der Waals surface area (Å²) in [5.41, 5.74) is -0.675. The molecule has 31 heavy (non-hydrogen) atoms. The van der Waals surface area contributed by atoms with Crippen LogP contribution < -0.4 is 0 Å². The summed E-state index contributed by atoms with van der Waals surface area (Å²) in [5, 5.41) is 0. The van der Waals surface area contributed by atoms with Gasteiger partial charge < -0.3 is 18.9 Å². The molecule has 0 heterocycles. The molecule has 0 aromatic rings. The zero-order valence-electron chi connectivity index (χ0n) is 21.1. The molecule has 0 aromatic carbocycles. The Morgan fingerprint density at radius 2 is 1.23 bits per heavy atom. The molecular formula is C25H52O6. The highest BCUT2D eigenvalue weighted by atomic mass is 16.6. The van der Waals surface area contributed by atoms with Crippen LogP contribution in [0.4, 0.5) is 0 Å². The fourth-order valence-electron chi connectivity index (χ4n) is 2.20. The number of esters is 2. The molecule has 0 aromatic heterocycles. The van der Waals surface area contributed by atoms with E-state index in [-0.39, 0.29) is 36.3 Å². The van der Waals surface area contributed by atoms with Gasteiger partial charge in [0.2, 0.25) is 0 Å². The van der Waals surface area contributed by atoms with E-state index in [1.165, 1.54) is 19.3 Å². The minimum Gasteiger partial charge on any atom is -0.463 e. The molecule has 6 heteroatoms. The van der Waals surface area contributed by atoms with Gasteiger partial charge in [-0.1, -0.05) is 27.7 Å². The van der Waals surface area contributed by atoms with E-state index in [1.807, 2.05) is 48.5 Å². The molecule has 188 valence electrons. The van der Waals surface area contributed by atoms with Crippen LogP contribution in [-0.4, -0.2) is 52.1 Å². The van der Waals surface area contributed by atoms with E-state index in [1.54, 1.807) is 14.2 Å². The lowest BCUT2D eigenvalue weighted by Crippen LogP contribution is -2.31. The minimum atomic E-state index is -0.367. The number of carbonyl (C=O) groups excluding carboxylic acids is 2. The number of rotatable bonds is 9. The number of hydrogen-bond acceptors (Lipinski definition) is 6. The molecule has 1 rings (SSSR count). The van der Waals surface area contributed by atoms with Crippen molar-refractivity contribution in [3.05, 3.63) is 0 Å². The lowest BCUT2D eigenvalue weighted by Gasteiger charge is -2.27. The van der Waals surface area contributed by atoms with Gasteiger partial charge in [0.15, 0.2) is 0 Å². The first-order chi connectivity index (χ1) is 14.0. The third kappa shape index (κ3) is 17.1. The van der Waals surface area contributed by atoms with Gasteiger partial charge in [0, 0.05) is 20.8 Å². The molecule has 1 aliphatic rings. The van der Waals surface area contributed by atoms with Gasteiger partial charge in [-0.25, -0.2) is 0 Å². The van der Waals surface area contributed by atoms with Gasteiger partial charge in [-0.3, -0.25) is 9.59 Å². The Kier molecular flexibility index (Phi) is 21.7. The van der Waals surface area contributed by atoms with Crippen LogP contribution in [0, 0.1) is 10.8 Å². The maximum atomic E-state index is 11.7. The summed E-state index contributed by atoms with van der Waals surface area (Å²) in [4.78, 5) is 23.0. The van der Waals surface area contributed by atoms with Crippen LogP contribution in [0.1, 0.15) is 101 Å². The summed E-state index contributed by atoms with van der Waals surface area (Å²) in [5.74, 6) is -0.172. The number of hydrogen-bond donors (Lipinski definition) is 0. The average molecular weight is 449 g/mol. The van der Waals surface area contributed by atoms with Gasteiger partial charge in [0.1, 0.15) is 12.7 Å². The van der Waals surface area contributed by atoms with Gasteiger partial charge in [0.05, 0.1) is 17.4 Å². The molecule has 0 unspecified atom stereocenters. The van der Waals surface area contributed by atoms with Crippen LogP contribution in [0.15, 0.2) is 0 Å². The van der Waals surface area contributed by atoms with Crippen LogP contribution in [0.5, 0.6) is 0 Å². The molecule has 1 saturated carbocycles. The van der Waals surface area contributed by atoms with Crippen molar-refractivity contribution in [2.75, 3.05) is 34.0 Å². The Morgan fingerprint density at radius 1 is 0.774 bits per heavy atom. The molecule has 0 radical (unpaired) electrons. The van der Waals surface area contributed by atoms with Crippen LogP contribution >= 0.6 is 0 Å². The van der Waals surface area contributed by atoms with E-state index < -0.39 is 0 Å². The molecule has 0 atom stereocenters. The summed E-state index contributed by atoms with van der Waals surface area (Å²) in [7, 11) is 3.26. The first-order valence-corrected chi connectivity index (χ1v) is 11.4. The number of carbonyl (C=O) groups is 2. The fraction of sp³-hybridized carbons (Fsp3) is 0.920. The van der Waals surface area contributed by atoms with Gasteiger partial charge in [-0.05, 0) is 73.1 Å². The van der Waals surface area contributed by atoms with Gasteiger partial charge in [0.25, 0.3) is 0 Å².